The van der Waals surface area contributed by atoms with E-state index in [0.717, 1.165) is 0 Å². The van der Waals surface area contributed by atoms with Crippen LogP contribution in [0.5, 0.6) is 0 Å². The number of ether oxygens (including phenoxy) is 1. The largest absolute Gasteiger partial charge is 0.467 e. The molecular weight excluding hydrogens is 376 g/mol. The summed E-state index contributed by atoms with van der Waals surface area (Å²) in [6.45, 7) is 0.0887. The van der Waals surface area contributed by atoms with E-state index in [0.29, 0.717) is 4.88 Å². The average molecular weight is 394 g/mol. The van der Waals surface area contributed by atoms with Gasteiger partial charge < -0.3 is 9.64 Å². The third kappa shape index (κ3) is 3.50. The molecule has 0 spiro atoms. The molecule has 9 heteroatoms. The fourth-order valence-electron chi connectivity index (χ4n) is 2.84. The number of thiophene rings is 1. The van der Waals surface area contributed by atoms with Crippen molar-refractivity contribution in [2.45, 2.75) is 10.9 Å². The minimum absolute atomic E-state index is 0.113. The van der Waals surface area contributed by atoms with Crippen LogP contribution < -0.4 is 0 Å². The summed E-state index contributed by atoms with van der Waals surface area (Å²) >= 11 is 1.27. The molecule has 1 aliphatic heterocycles. The Morgan fingerprint density at radius 3 is 2.46 bits per heavy atom. The fourth-order valence-corrected chi connectivity index (χ4v) is 4.98. The highest BCUT2D eigenvalue weighted by molar-refractivity contribution is 7.89. The Bertz CT molecular complexity index is 881. The molecule has 1 amide bonds. The van der Waals surface area contributed by atoms with Crippen LogP contribution in [0.3, 0.4) is 0 Å². The predicted molar refractivity (Wildman–Crippen MR) is 96.4 cm³/mol. The summed E-state index contributed by atoms with van der Waals surface area (Å²) in [5.74, 6) is -0.935. The lowest BCUT2D eigenvalue weighted by molar-refractivity contribution is -0.147. The number of rotatable bonds is 4. The van der Waals surface area contributed by atoms with Crippen LogP contribution >= 0.6 is 11.3 Å². The molecule has 7 nitrogen and oxygen atoms in total. The van der Waals surface area contributed by atoms with Gasteiger partial charge in [0.25, 0.3) is 5.91 Å². The summed E-state index contributed by atoms with van der Waals surface area (Å²) in [7, 11) is -2.53. The van der Waals surface area contributed by atoms with Crippen molar-refractivity contribution < 1.29 is 22.7 Å². The highest BCUT2D eigenvalue weighted by Crippen LogP contribution is 2.23. The second-order valence-electron chi connectivity index (χ2n) is 5.69. The summed E-state index contributed by atoms with van der Waals surface area (Å²) in [4.78, 5) is 26.9. The Labute approximate surface area is 155 Å². The molecule has 1 aromatic heterocycles. The summed E-state index contributed by atoms with van der Waals surface area (Å²) in [5, 5.41) is 1.77. The molecule has 0 saturated carbocycles. The number of nitrogens with zero attached hydrogens (tertiary/aromatic N) is 2. The standard InChI is InChI=1S/C17H18N2O5S2/c1-24-17(21)14-12-18(26(22,23)13-6-3-2-4-7-13)9-10-19(14)16(20)15-8-5-11-25-15/h2-8,11,14H,9-10,12H2,1H3. The van der Waals surface area contributed by atoms with Crippen LogP contribution in [-0.2, 0) is 19.6 Å². The van der Waals surface area contributed by atoms with Gasteiger partial charge in [-0.1, -0.05) is 24.3 Å². The maximum atomic E-state index is 12.8. The van der Waals surface area contributed by atoms with Crippen LogP contribution in [0.4, 0.5) is 0 Å². The van der Waals surface area contributed by atoms with E-state index in [-0.39, 0.29) is 30.4 Å². The number of esters is 1. The SMILES string of the molecule is COC(=O)C1CN(S(=O)(=O)c2ccccc2)CCN1C(=O)c1cccs1. The third-order valence-electron chi connectivity index (χ3n) is 4.19. The van der Waals surface area contributed by atoms with Gasteiger partial charge in [-0.3, -0.25) is 4.79 Å². The van der Waals surface area contributed by atoms with Crippen LogP contribution in [0.15, 0.2) is 52.7 Å². The first kappa shape index (κ1) is 18.6. The van der Waals surface area contributed by atoms with E-state index < -0.39 is 22.0 Å². The van der Waals surface area contributed by atoms with E-state index in [1.165, 1.54) is 39.8 Å². The Balaban J connectivity index is 1.87. The molecule has 1 unspecified atom stereocenters. The first-order chi connectivity index (χ1) is 12.4. The number of amides is 1. The molecule has 2 aromatic rings. The minimum Gasteiger partial charge on any atom is -0.467 e. The molecule has 1 aromatic carbocycles. The molecule has 0 aliphatic carbocycles. The second kappa shape index (κ2) is 7.56. The van der Waals surface area contributed by atoms with E-state index in [2.05, 4.69) is 0 Å². The van der Waals surface area contributed by atoms with Crippen molar-refractivity contribution in [3.05, 3.63) is 52.7 Å². The topological polar surface area (TPSA) is 84.0 Å². The molecule has 0 radical (unpaired) electrons. The first-order valence-electron chi connectivity index (χ1n) is 7.92. The molecule has 138 valence electrons. The van der Waals surface area contributed by atoms with Crippen molar-refractivity contribution in [2.24, 2.45) is 0 Å². The number of carbonyl (C=O) groups is 2. The Kier molecular flexibility index (Phi) is 5.40. The van der Waals surface area contributed by atoms with Gasteiger partial charge in [-0.2, -0.15) is 4.31 Å². The molecular formula is C17H18N2O5S2. The van der Waals surface area contributed by atoms with E-state index in [1.807, 2.05) is 0 Å². The number of carbonyl (C=O) groups excluding carboxylic acids is 2. The third-order valence-corrected chi connectivity index (χ3v) is 6.93. The summed E-state index contributed by atoms with van der Waals surface area (Å²) < 4.78 is 31.7. The number of piperazine rings is 1. The molecule has 1 atom stereocenters. The van der Waals surface area contributed by atoms with Crippen LogP contribution in [0.25, 0.3) is 0 Å². The van der Waals surface area contributed by atoms with E-state index >= 15 is 0 Å². The fraction of sp³-hybridized carbons (Fsp3) is 0.294. The minimum atomic E-state index is -3.75. The average Bonchev–Trinajstić information content (AvgIpc) is 3.21. The Hall–Kier alpha value is -2.23. The Morgan fingerprint density at radius 1 is 1.12 bits per heavy atom. The first-order valence-corrected chi connectivity index (χ1v) is 10.2. The molecule has 2 heterocycles. The number of sulfonamides is 1. The van der Waals surface area contributed by atoms with Gasteiger partial charge in [0.15, 0.2) is 0 Å². The highest BCUT2D eigenvalue weighted by atomic mass is 32.2. The van der Waals surface area contributed by atoms with E-state index in [9.17, 15) is 18.0 Å². The zero-order valence-electron chi connectivity index (χ0n) is 14.1. The number of hydrogen-bond donors (Lipinski definition) is 0. The summed E-state index contributed by atoms with van der Waals surface area (Å²) in [6, 6.07) is 10.5. The maximum absolute atomic E-state index is 12.8. The monoisotopic (exact) mass is 394 g/mol. The van der Waals surface area contributed by atoms with Crippen molar-refractivity contribution >= 4 is 33.2 Å². The van der Waals surface area contributed by atoms with Gasteiger partial charge in [-0.25, -0.2) is 13.2 Å². The molecule has 26 heavy (non-hydrogen) atoms. The zero-order valence-corrected chi connectivity index (χ0v) is 15.7. The van der Waals surface area contributed by atoms with Gasteiger partial charge in [0.1, 0.15) is 6.04 Å². The van der Waals surface area contributed by atoms with E-state index in [4.69, 9.17) is 4.74 Å². The number of methoxy groups -OCH3 is 1. The van der Waals surface area contributed by atoms with Gasteiger partial charge in [0.2, 0.25) is 10.0 Å². The second-order valence-corrected chi connectivity index (χ2v) is 8.58. The highest BCUT2D eigenvalue weighted by Gasteiger charge is 2.40. The van der Waals surface area contributed by atoms with Crippen LogP contribution in [0.1, 0.15) is 9.67 Å². The van der Waals surface area contributed by atoms with Gasteiger partial charge in [0.05, 0.1) is 16.9 Å². The normalized spacial score (nSPS) is 18.5. The lowest BCUT2D eigenvalue weighted by Crippen LogP contribution is -2.59. The molecule has 1 fully saturated rings. The smallest absolute Gasteiger partial charge is 0.329 e. The van der Waals surface area contributed by atoms with Gasteiger partial charge in [-0.05, 0) is 23.6 Å². The maximum Gasteiger partial charge on any atom is 0.329 e. The van der Waals surface area contributed by atoms with Gasteiger partial charge in [-0.15, -0.1) is 11.3 Å². The summed E-state index contributed by atoms with van der Waals surface area (Å²) in [6.07, 6.45) is 0. The van der Waals surface area contributed by atoms with Gasteiger partial charge >= 0.3 is 5.97 Å². The zero-order chi connectivity index (χ0) is 18.7. The molecule has 1 aliphatic rings. The van der Waals surface area contributed by atoms with Crippen molar-refractivity contribution in [3.8, 4) is 0 Å². The van der Waals surface area contributed by atoms with Crippen molar-refractivity contribution in [2.75, 3.05) is 26.7 Å². The van der Waals surface area contributed by atoms with Crippen molar-refractivity contribution in [1.29, 1.82) is 0 Å². The van der Waals surface area contributed by atoms with E-state index in [1.54, 1.807) is 35.7 Å². The van der Waals surface area contributed by atoms with Crippen LogP contribution in [-0.4, -0.2) is 62.3 Å². The van der Waals surface area contributed by atoms with Gasteiger partial charge in [0, 0.05) is 19.6 Å². The van der Waals surface area contributed by atoms with Crippen LogP contribution in [0, 0.1) is 0 Å². The molecule has 0 bridgehead atoms. The van der Waals surface area contributed by atoms with Crippen molar-refractivity contribution in [3.63, 3.8) is 0 Å². The Morgan fingerprint density at radius 2 is 1.85 bits per heavy atom. The van der Waals surface area contributed by atoms with Crippen LogP contribution in [0.2, 0.25) is 0 Å². The lowest BCUT2D eigenvalue weighted by atomic mass is 10.2. The quantitative estimate of drug-likeness (QED) is 0.733. The molecule has 1 saturated heterocycles. The number of hydrogen-bond acceptors (Lipinski definition) is 6. The summed E-state index contributed by atoms with van der Waals surface area (Å²) in [5.41, 5.74) is 0. The number of benzene rings is 1. The lowest BCUT2D eigenvalue weighted by Gasteiger charge is -2.38. The van der Waals surface area contributed by atoms with Crippen molar-refractivity contribution in [1.82, 2.24) is 9.21 Å². The predicted octanol–water partition coefficient (Wildman–Crippen LogP) is 1.44. The molecule has 0 N–H and O–H groups in total. The molecule has 3 rings (SSSR count).